The van der Waals surface area contributed by atoms with Gasteiger partial charge in [-0.05, 0) is 17.7 Å². The largest absolute Gasteiger partial charge is 0.384 e. The predicted molar refractivity (Wildman–Crippen MR) is 60.1 cm³/mol. The van der Waals surface area contributed by atoms with E-state index in [0.29, 0.717) is 17.2 Å². The van der Waals surface area contributed by atoms with Gasteiger partial charge < -0.3 is 11.1 Å². The Bertz CT molecular complexity index is 510. The van der Waals surface area contributed by atoms with Crippen LogP contribution >= 0.6 is 0 Å². The van der Waals surface area contributed by atoms with Gasteiger partial charge in [-0.15, -0.1) is 0 Å². The first-order valence-corrected chi connectivity index (χ1v) is 4.90. The molecule has 0 amide bonds. The molecule has 17 heavy (non-hydrogen) atoms. The summed E-state index contributed by atoms with van der Waals surface area (Å²) in [5.74, 6) is -0.386. The van der Waals surface area contributed by atoms with Crippen molar-refractivity contribution in [1.82, 2.24) is 9.97 Å². The maximum Gasteiger partial charge on any atom is 0.131 e. The normalized spacial score (nSPS) is 10.2. The van der Waals surface area contributed by atoms with Gasteiger partial charge in [-0.25, -0.2) is 18.7 Å². The van der Waals surface area contributed by atoms with Crippen LogP contribution in [0.5, 0.6) is 0 Å². The second-order valence-electron chi connectivity index (χ2n) is 3.46. The maximum atomic E-state index is 12.9. The van der Waals surface area contributed by atoms with Crippen LogP contribution in [0.3, 0.4) is 0 Å². The summed E-state index contributed by atoms with van der Waals surface area (Å²) in [6.07, 6.45) is 1.31. The quantitative estimate of drug-likeness (QED) is 0.854. The molecule has 0 saturated carbocycles. The Morgan fingerprint density at radius 1 is 1.06 bits per heavy atom. The minimum absolute atomic E-state index is 0.255. The van der Waals surface area contributed by atoms with E-state index in [1.54, 1.807) is 0 Å². The molecule has 2 aromatic rings. The minimum Gasteiger partial charge on any atom is -0.384 e. The summed E-state index contributed by atoms with van der Waals surface area (Å²) >= 11 is 0. The van der Waals surface area contributed by atoms with Crippen LogP contribution in [0.25, 0.3) is 0 Å². The topological polar surface area (TPSA) is 63.8 Å². The smallest absolute Gasteiger partial charge is 0.131 e. The molecule has 0 atom stereocenters. The highest BCUT2D eigenvalue weighted by atomic mass is 19.1. The van der Waals surface area contributed by atoms with E-state index in [1.807, 2.05) is 0 Å². The van der Waals surface area contributed by atoms with Crippen molar-refractivity contribution in [3.63, 3.8) is 0 Å². The lowest BCUT2D eigenvalue weighted by atomic mass is 10.2. The van der Waals surface area contributed by atoms with Crippen molar-refractivity contribution in [3.8, 4) is 0 Å². The van der Waals surface area contributed by atoms with Gasteiger partial charge in [0, 0.05) is 18.7 Å². The van der Waals surface area contributed by atoms with Crippen molar-refractivity contribution < 1.29 is 8.78 Å². The molecule has 3 N–H and O–H groups in total. The van der Waals surface area contributed by atoms with E-state index in [0.717, 1.165) is 6.07 Å². The number of anilines is 2. The van der Waals surface area contributed by atoms with Crippen molar-refractivity contribution in [3.05, 3.63) is 47.8 Å². The third-order valence-electron chi connectivity index (χ3n) is 2.08. The molecule has 1 aromatic heterocycles. The lowest BCUT2D eigenvalue weighted by Crippen LogP contribution is -2.03. The Kier molecular flexibility index (Phi) is 3.13. The van der Waals surface area contributed by atoms with Crippen molar-refractivity contribution in [2.24, 2.45) is 0 Å². The minimum atomic E-state index is -0.607. The summed E-state index contributed by atoms with van der Waals surface area (Å²) in [5.41, 5.74) is 5.95. The summed E-state index contributed by atoms with van der Waals surface area (Å²) in [7, 11) is 0. The molecule has 2 rings (SSSR count). The molecule has 0 radical (unpaired) electrons. The van der Waals surface area contributed by atoms with E-state index in [9.17, 15) is 8.78 Å². The third-order valence-corrected chi connectivity index (χ3v) is 2.08. The number of hydrogen-bond acceptors (Lipinski definition) is 4. The summed E-state index contributed by atoms with van der Waals surface area (Å²) in [6, 6.07) is 4.86. The number of nitrogens with two attached hydrogens (primary N) is 1. The van der Waals surface area contributed by atoms with Gasteiger partial charge in [-0.1, -0.05) is 0 Å². The standard InChI is InChI=1S/C11H10F2N4/c12-8-1-7(2-9(13)3-8)5-15-11-4-10(14)16-6-17-11/h1-4,6H,5H2,(H3,14,15,16,17). The zero-order valence-corrected chi connectivity index (χ0v) is 8.82. The monoisotopic (exact) mass is 236 g/mol. The summed E-state index contributed by atoms with van der Waals surface area (Å²) in [6.45, 7) is 0.255. The average molecular weight is 236 g/mol. The van der Waals surface area contributed by atoms with Gasteiger partial charge in [0.05, 0.1) is 0 Å². The first-order valence-electron chi connectivity index (χ1n) is 4.90. The number of benzene rings is 1. The second kappa shape index (κ2) is 4.73. The van der Waals surface area contributed by atoms with Gasteiger partial charge in [0.2, 0.25) is 0 Å². The molecule has 0 saturated heterocycles. The lowest BCUT2D eigenvalue weighted by Gasteiger charge is -2.06. The average Bonchev–Trinajstić information content (AvgIpc) is 2.25. The van der Waals surface area contributed by atoms with Crippen molar-refractivity contribution >= 4 is 11.6 Å². The number of rotatable bonds is 3. The van der Waals surface area contributed by atoms with Crippen LogP contribution in [-0.2, 0) is 6.54 Å². The number of halogens is 2. The fourth-order valence-corrected chi connectivity index (χ4v) is 1.37. The molecular formula is C11H10F2N4. The highest BCUT2D eigenvalue weighted by molar-refractivity contribution is 5.43. The van der Waals surface area contributed by atoms with Crippen LogP contribution < -0.4 is 11.1 Å². The lowest BCUT2D eigenvalue weighted by molar-refractivity contribution is 0.580. The van der Waals surface area contributed by atoms with Crippen molar-refractivity contribution in [1.29, 1.82) is 0 Å². The SMILES string of the molecule is Nc1cc(NCc2cc(F)cc(F)c2)ncn1. The predicted octanol–water partition coefficient (Wildman–Crippen LogP) is 1.95. The number of nitrogens with zero attached hydrogens (tertiary/aromatic N) is 2. The molecule has 0 spiro atoms. The van der Waals surface area contributed by atoms with Gasteiger partial charge in [0.15, 0.2) is 0 Å². The third kappa shape index (κ3) is 3.10. The van der Waals surface area contributed by atoms with Crippen LogP contribution in [0.4, 0.5) is 20.4 Å². The van der Waals surface area contributed by atoms with Gasteiger partial charge in [0.1, 0.15) is 29.6 Å². The Labute approximate surface area is 96.5 Å². The van der Waals surface area contributed by atoms with E-state index < -0.39 is 11.6 Å². The Hall–Kier alpha value is -2.24. The van der Waals surface area contributed by atoms with E-state index in [-0.39, 0.29) is 6.54 Å². The Balaban J connectivity index is 2.07. The van der Waals surface area contributed by atoms with Crippen LogP contribution in [0, 0.1) is 11.6 Å². The molecule has 0 fully saturated rings. The van der Waals surface area contributed by atoms with Crippen LogP contribution in [0.2, 0.25) is 0 Å². The molecule has 0 bridgehead atoms. The first kappa shape index (κ1) is 11.3. The molecule has 0 aliphatic carbocycles. The molecule has 4 nitrogen and oxygen atoms in total. The first-order chi connectivity index (χ1) is 8.13. The number of hydrogen-bond donors (Lipinski definition) is 2. The number of aromatic nitrogens is 2. The molecule has 6 heteroatoms. The molecule has 88 valence electrons. The van der Waals surface area contributed by atoms with E-state index >= 15 is 0 Å². The summed E-state index contributed by atoms with van der Waals surface area (Å²) in [5, 5.41) is 2.89. The Morgan fingerprint density at radius 2 is 1.76 bits per heavy atom. The zero-order valence-electron chi connectivity index (χ0n) is 8.82. The number of nitrogens with one attached hydrogen (secondary N) is 1. The van der Waals surface area contributed by atoms with E-state index in [2.05, 4.69) is 15.3 Å². The summed E-state index contributed by atoms with van der Waals surface area (Å²) < 4.78 is 25.8. The molecule has 1 heterocycles. The Morgan fingerprint density at radius 3 is 2.41 bits per heavy atom. The molecular weight excluding hydrogens is 226 g/mol. The van der Waals surface area contributed by atoms with Crippen LogP contribution in [0.1, 0.15) is 5.56 Å². The van der Waals surface area contributed by atoms with Crippen LogP contribution in [0.15, 0.2) is 30.6 Å². The maximum absolute atomic E-state index is 12.9. The number of nitrogen functional groups attached to an aromatic ring is 1. The second-order valence-corrected chi connectivity index (χ2v) is 3.46. The molecule has 0 unspecified atom stereocenters. The molecule has 0 aliphatic heterocycles. The summed E-state index contributed by atoms with van der Waals surface area (Å²) in [4.78, 5) is 7.64. The van der Waals surface area contributed by atoms with Crippen molar-refractivity contribution in [2.45, 2.75) is 6.54 Å². The van der Waals surface area contributed by atoms with Gasteiger partial charge in [-0.3, -0.25) is 0 Å². The van der Waals surface area contributed by atoms with E-state index in [1.165, 1.54) is 24.5 Å². The van der Waals surface area contributed by atoms with Crippen molar-refractivity contribution in [2.75, 3.05) is 11.1 Å². The molecule has 0 aliphatic rings. The van der Waals surface area contributed by atoms with Crippen LogP contribution in [-0.4, -0.2) is 9.97 Å². The van der Waals surface area contributed by atoms with E-state index in [4.69, 9.17) is 5.73 Å². The fourth-order valence-electron chi connectivity index (χ4n) is 1.37. The van der Waals surface area contributed by atoms with Gasteiger partial charge in [-0.2, -0.15) is 0 Å². The fraction of sp³-hybridized carbons (Fsp3) is 0.0909. The van der Waals surface area contributed by atoms with Gasteiger partial charge >= 0.3 is 0 Å². The van der Waals surface area contributed by atoms with Gasteiger partial charge in [0.25, 0.3) is 0 Å². The highest BCUT2D eigenvalue weighted by Crippen LogP contribution is 2.11. The molecule has 1 aromatic carbocycles. The zero-order chi connectivity index (χ0) is 12.3. The highest BCUT2D eigenvalue weighted by Gasteiger charge is 2.01.